The highest BCUT2D eigenvalue weighted by Crippen LogP contribution is 2.32. The molecule has 11 nitrogen and oxygen atoms in total. The second-order valence-electron chi connectivity index (χ2n) is 15.6. The molecule has 0 amide bonds. The van der Waals surface area contributed by atoms with Crippen molar-refractivity contribution in [2.75, 3.05) is 39.5 Å². The first-order valence-corrected chi connectivity index (χ1v) is 22.9. The molecule has 3 N–H and O–H groups in total. The zero-order chi connectivity index (χ0) is 46.1. The van der Waals surface area contributed by atoms with Gasteiger partial charge >= 0.3 is 0 Å². The summed E-state index contributed by atoms with van der Waals surface area (Å²) in [6.07, 6.45) is 9.18. The fourth-order valence-electron chi connectivity index (χ4n) is 7.52. The summed E-state index contributed by atoms with van der Waals surface area (Å²) in [5.74, 6) is -0.422. The van der Waals surface area contributed by atoms with E-state index < -0.39 is 5.82 Å². The van der Waals surface area contributed by atoms with Crippen molar-refractivity contribution in [2.45, 2.75) is 51.2 Å². The van der Waals surface area contributed by atoms with Crippen LogP contribution < -0.4 is 16.0 Å². The molecule has 0 radical (unpaired) electrons. The Hall–Kier alpha value is -6.21. The van der Waals surface area contributed by atoms with Gasteiger partial charge < -0.3 is 30.2 Å². The summed E-state index contributed by atoms with van der Waals surface area (Å²) in [4.78, 5) is 20.9. The number of aryl methyl sites for hydroxylation is 1. The molecule has 3 unspecified atom stereocenters. The molecule has 5 heterocycles. The van der Waals surface area contributed by atoms with E-state index in [4.69, 9.17) is 49.0 Å². The lowest BCUT2D eigenvalue weighted by atomic mass is 9.93. The van der Waals surface area contributed by atoms with Crippen molar-refractivity contribution >= 4 is 52.9 Å². The van der Waals surface area contributed by atoms with Crippen LogP contribution in [0, 0.1) is 19.7 Å². The number of rotatable bonds is 12. The molecular formula is C51H52Cl3FN8O3. The number of nitrogens with one attached hydrogen (secondary N) is 3. The van der Waals surface area contributed by atoms with E-state index in [1.807, 2.05) is 42.5 Å². The monoisotopic (exact) mass is 948 g/mol. The molecule has 15 heteroatoms. The van der Waals surface area contributed by atoms with Gasteiger partial charge in [0.25, 0.3) is 18.1 Å². The van der Waals surface area contributed by atoms with Gasteiger partial charge in [-0.2, -0.15) is 0 Å². The summed E-state index contributed by atoms with van der Waals surface area (Å²) in [5.41, 5.74) is 8.84. The zero-order valence-electron chi connectivity index (χ0n) is 36.8. The second kappa shape index (κ2) is 24.4. The van der Waals surface area contributed by atoms with Gasteiger partial charge in [-0.15, -0.1) is 0 Å². The average Bonchev–Trinajstić information content (AvgIpc) is 4.17. The van der Waals surface area contributed by atoms with Crippen molar-refractivity contribution in [3.8, 4) is 0 Å². The molecule has 0 bridgehead atoms. The standard InChI is InChI=1S/C19H22N2O.C16H15Cl2N3O.C16H15ClFN3O/c1-14-7-6-10-17(15(14)2)18(21-19-20-11-12-22-19)13-16-8-4-3-5-9-16;2*17-13-3-1-2-12(15(13)18)14(21-16-20-8-9-22-16)10-11-4-6-19-7-5-11/h3-10,18H,11-13H2,1-2H3,(H,20,21);2*1-7,14H,8-10H2,(H,20,21). The minimum absolute atomic E-state index is 0.0783. The quantitative estimate of drug-likeness (QED) is 0.111. The predicted molar refractivity (Wildman–Crippen MR) is 262 cm³/mol. The third-order valence-corrected chi connectivity index (χ3v) is 12.2. The smallest absolute Gasteiger partial charge is 0.285 e. The lowest BCUT2D eigenvalue weighted by Gasteiger charge is -2.22. The highest BCUT2D eigenvalue weighted by atomic mass is 35.5. The molecule has 2 aromatic heterocycles. The van der Waals surface area contributed by atoms with Gasteiger partial charge in [-0.1, -0.05) is 108 Å². The first kappa shape index (κ1) is 47.7. The first-order chi connectivity index (χ1) is 32.2. The summed E-state index contributed by atoms with van der Waals surface area (Å²) in [6, 6.07) is 36.8. The van der Waals surface area contributed by atoms with Crippen LogP contribution in [0.25, 0.3) is 0 Å². The molecule has 3 atom stereocenters. The summed E-state index contributed by atoms with van der Waals surface area (Å²) >= 11 is 18.4. The molecule has 0 aliphatic carbocycles. The van der Waals surface area contributed by atoms with Gasteiger partial charge in [-0.3, -0.25) is 9.97 Å². The number of ether oxygens (including phenoxy) is 3. The third kappa shape index (κ3) is 13.7. The van der Waals surface area contributed by atoms with Gasteiger partial charge in [0, 0.05) is 30.4 Å². The van der Waals surface area contributed by atoms with Gasteiger partial charge in [-0.25, -0.2) is 19.4 Å². The van der Waals surface area contributed by atoms with Gasteiger partial charge in [0.05, 0.1) is 52.8 Å². The minimum Gasteiger partial charge on any atom is -0.463 e. The number of aromatic nitrogens is 2. The molecule has 3 aliphatic rings. The maximum absolute atomic E-state index is 14.4. The van der Waals surface area contributed by atoms with Crippen LogP contribution in [0.2, 0.25) is 15.1 Å². The van der Waals surface area contributed by atoms with Crippen LogP contribution in [-0.4, -0.2) is 67.5 Å². The van der Waals surface area contributed by atoms with E-state index in [0.717, 1.165) is 36.1 Å². The number of nitrogens with zero attached hydrogens (tertiary/aromatic N) is 5. The van der Waals surface area contributed by atoms with E-state index in [1.54, 1.807) is 43.0 Å². The topological polar surface area (TPSA) is 127 Å². The number of halogens is 4. The van der Waals surface area contributed by atoms with Gasteiger partial charge in [0.2, 0.25) is 0 Å². The molecule has 66 heavy (non-hydrogen) atoms. The van der Waals surface area contributed by atoms with E-state index in [0.29, 0.717) is 73.0 Å². The van der Waals surface area contributed by atoms with Crippen molar-refractivity contribution in [2.24, 2.45) is 15.0 Å². The van der Waals surface area contributed by atoms with Crippen LogP contribution in [-0.2, 0) is 33.5 Å². The third-order valence-electron chi connectivity index (χ3n) is 11.0. The number of hydrogen-bond acceptors (Lipinski definition) is 11. The molecule has 6 aromatic rings. The summed E-state index contributed by atoms with van der Waals surface area (Å²) in [6.45, 7) is 8.19. The summed E-state index contributed by atoms with van der Waals surface area (Å²) in [5, 5.41) is 11.1. The predicted octanol–water partition coefficient (Wildman–Crippen LogP) is 10.3. The Morgan fingerprint density at radius 2 is 0.924 bits per heavy atom. The van der Waals surface area contributed by atoms with Gasteiger partial charge in [0.1, 0.15) is 25.6 Å². The molecule has 0 saturated heterocycles. The van der Waals surface area contributed by atoms with E-state index in [2.05, 4.69) is 97.2 Å². The van der Waals surface area contributed by atoms with Crippen molar-refractivity contribution in [1.29, 1.82) is 0 Å². The molecule has 0 spiro atoms. The van der Waals surface area contributed by atoms with Crippen LogP contribution in [0.3, 0.4) is 0 Å². The van der Waals surface area contributed by atoms with Crippen LogP contribution in [0.1, 0.15) is 62.6 Å². The maximum atomic E-state index is 14.4. The highest BCUT2D eigenvalue weighted by Gasteiger charge is 2.23. The highest BCUT2D eigenvalue weighted by molar-refractivity contribution is 6.42. The van der Waals surface area contributed by atoms with E-state index in [1.165, 1.54) is 28.3 Å². The number of pyridine rings is 2. The molecule has 9 rings (SSSR count). The summed E-state index contributed by atoms with van der Waals surface area (Å²) < 4.78 is 30.8. The van der Waals surface area contributed by atoms with Crippen LogP contribution in [0.15, 0.2) is 149 Å². The zero-order valence-corrected chi connectivity index (χ0v) is 39.0. The molecule has 0 fully saturated rings. The lowest BCUT2D eigenvalue weighted by Crippen LogP contribution is -2.30. The van der Waals surface area contributed by atoms with Gasteiger partial charge in [0.15, 0.2) is 0 Å². The van der Waals surface area contributed by atoms with Crippen molar-refractivity contribution in [1.82, 2.24) is 25.9 Å². The Labute approximate surface area is 400 Å². The van der Waals surface area contributed by atoms with E-state index >= 15 is 0 Å². The normalized spacial score (nSPS) is 15.1. The van der Waals surface area contributed by atoms with Gasteiger partial charge in [-0.05, 0) is 108 Å². The number of amidine groups is 3. The number of aliphatic imine (C=N–C) groups is 3. The van der Waals surface area contributed by atoms with Crippen LogP contribution >= 0.6 is 34.8 Å². The Balaban J connectivity index is 0.000000147. The Morgan fingerprint density at radius 1 is 0.500 bits per heavy atom. The fourth-order valence-corrected chi connectivity index (χ4v) is 8.14. The van der Waals surface area contributed by atoms with E-state index in [9.17, 15) is 4.39 Å². The molecule has 4 aromatic carbocycles. The Kier molecular flexibility index (Phi) is 17.6. The Bertz CT molecular complexity index is 2310. The number of benzene rings is 4. The lowest BCUT2D eigenvalue weighted by molar-refractivity contribution is 0.324. The van der Waals surface area contributed by atoms with Crippen molar-refractivity contribution in [3.63, 3.8) is 0 Å². The number of hydrogen-bond donors (Lipinski definition) is 3. The maximum Gasteiger partial charge on any atom is 0.285 e. The molecule has 3 aliphatic heterocycles. The minimum atomic E-state index is -0.422. The van der Waals surface area contributed by atoms with Crippen LogP contribution in [0.5, 0.6) is 0 Å². The first-order valence-electron chi connectivity index (χ1n) is 21.8. The second-order valence-corrected chi connectivity index (χ2v) is 16.8. The van der Waals surface area contributed by atoms with Crippen molar-refractivity contribution < 1.29 is 18.6 Å². The van der Waals surface area contributed by atoms with E-state index in [-0.39, 0.29) is 23.1 Å². The fraction of sp³-hybridized carbons (Fsp3) is 0.275. The summed E-state index contributed by atoms with van der Waals surface area (Å²) in [7, 11) is 0. The molecule has 0 saturated carbocycles. The molecular weight excluding hydrogens is 898 g/mol. The van der Waals surface area contributed by atoms with Crippen LogP contribution in [0.4, 0.5) is 4.39 Å². The largest absolute Gasteiger partial charge is 0.463 e. The molecule has 342 valence electrons. The van der Waals surface area contributed by atoms with Crippen molar-refractivity contribution in [3.05, 3.63) is 199 Å². The average molecular weight is 950 g/mol. The SMILES string of the molecule is Cc1cccc(C(Cc2ccccc2)NC2=NCCO2)c1C.Clc1cccc(C(Cc2ccncc2)NC2=NCCO2)c1Cl.Fc1c(Cl)cccc1C(Cc1ccncc1)NC1=NCCO1. The Morgan fingerprint density at radius 3 is 1.42 bits per heavy atom.